The van der Waals surface area contributed by atoms with Gasteiger partial charge in [0.1, 0.15) is 106 Å². The smallest absolute Gasteiger partial charge is 0.313 e. The summed E-state index contributed by atoms with van der Waals surface area (Å²) in [6.07, 6.45) is -19.9. The topological polar surface area (TPSA) is 669 Å². The first kappa shape index (κ1) is 62.4. The van der Waals surface area contributed by atoms with E-state index in [9.17, 15) is 85.6 Å². The Morgan fingerprint density at radius 1 is 0.324 bits per heavy atom. The minimum Gasteiger partial charge on any atom is -0.481 e. The second-order valence-electron chi connectivity index (χ2n) is 40.5. The third-order valence-corrected chi connectivity index (χ3v) is 41.5. The van der Waals surface area contributed by atoms with Crippen molar-refractivity contribution in [3.05, 3.63) is 0 Å². The molecule has 0 bridgehead atoms. The summed E-state index contributed by atoms with van der Waals surface area (Å²) >= 11 is 0. The number of carbonyl (C=O) groups is 8. The number of aliphatic hydroxyl groups excluding tert-OH is 4. The molecule has 53 unspecified atom stereocenters. The molecule has 37 nitrogen and oxygen atoms in total. The van der Waals surface area contributed by atoms with Crippen molar-refractivity contribution < 1.29 is 184 Å². The quantitative estimate of drug-likeness (QED) is 0.100. The standard InChI is InChI=1S/C71H70O37/c72-24-7-20-30(44(88)89)53-29(43(86)87)16-6-22-33(75)21-1-11(38(76)77)8-48(92)23-3-12(39(78)79)17-2-13(40(80)81)18-4-14-27(41(82)83)15-5-19-25(73)9-47(46(90)91)10-26(74)31-32(28(24)42(84)85)49(20,93)68-67(53,102-53)52(96)34(16)57(100)55(22,98)69(54(21,48)97)62(106-69)37(23)50(17,94)58(18)61(103-58)36(14)51(95)35(15)60-59(19)66(47,105-59)56(31,99)71(68,108-68)64(60,104-60)45(52)63(51)70(57,107-63)65(61,62)101/h11-37,45,72-75,92-101H,1-10H2,(H,76,77)(H,78,79)(H,80,81)(H,82,83)(H,84,85)(H,86,87)(H,88,89)(H,90,91). The van der Waals surface area contributed by atoms with Crippen molar-refractivity contribution in [2.24, 2.45) is 147 Å². The molecule has 22 N–H and O–H groups in total. The lowest BCUT2D eigenvalue weighted by Crippen LogP contribution is -3.11. The maximum atomic E-state index is 17.0. The van der Waals surface area contributed by atoms with Gasteiger partial charge >= 0.3 is 47.8 Å². The summed E-state index contributed by atoms with van der Waals surface area (Å²) in [5.74, 6) is -71.0. The molecule has 576 valence electrons. The Balaban J connectivity index is 0.850. The summed E-state index contributed by atoms with van der Waals surface area (Å²) in [6.45, 7) is 0. The van der Waals surface area contributed by atoms with Crippen molar-refractivity contribution in [2.45, 2.75) is 223 Å². The molecule has 13 spiro atoms. The summed E-state index contributed by atoms with van der Waals surface area (Å²) in [6, 6.07) is 0. The molecular formula is C71H70O37. The Morgan fingerprint density at radius 2 is 0.917 bits per heavy atom. The number of epoxide rings is 7. The Bertz CT molecular complexity index is 4990. The van der Waals surface area contributed by atoms with Crippen molar-refractivity contribution in [3.8, 4) is 0 Å². The minimum absolute atomic E-state index is 0.782. The van der Waals surface area contributed by atoms with E-state index in [0.29, 0.717) is 0 Å². The SMILES string of the molecule is O=C(O)C1CC2C(O)C3CC4C(C(=O)O)C56OC57C5(O)C4C4(O)C3(O)C38OC39C3C(CC(C(=O)O)C%10CC(C(=O)O)C%11CC%12C(C(=O)O)C%13CC%14C(O)CC%15(C(=O)O)CC(O)C%16C%17C(C(=O)O)C(O)CC(C6C(=O)O)C%17(O)C76OC67C%16(O)C%156OC%146C6%14OC67C5C56OC45C9(O)C4(OC%114C%103O)C%12C6(O)C%13%14)C(O)(C1)C28O. The van der Waals surface area contributed by atoms with E-state index in [4.69, 9.17) is 33.2 Å². The molecule has 0 aromatic carbocycles. The van der Waals surface area contributed by atoms with Crippen LogP contribution in [-0.2, 0) is 71.5 Å². The van der Waals surface area contributed by atoms with Crippen LogP contribution in [0.4, 0.5) is 0 Å². The normalized spacial score (nSPS) is 78.2. The van der Waals surface area contributed by atoms with Crippen LogP contribution < -0.4 is 0 Å². The van der Waals surface area contributed by atoms with E-state index >= 15 is 65.1 Å². The van der Waals surface area contributed by atoms with E-state index in [1.165, 1.54) is 0 Å². The van der Waals surface area contributed by atoms with E-state index in [1.54, 1.807) is 0 Å². The van der Waals surface area contributed by atoms with Gasteiger partial charge in [0.05, 0.1) is 71.8 Å². The van der Waals surface area contributed by atoms with Crippen LogP contribution in [0.25, 0.3) is 0 Å². The molecule has 7 heterocycles. The molecule has 22 aliphatic carbocycles. The number of rotatable bonds is 8. The van der Waals surface area contributed by atoms with E-state index < -0.39 is 418 Å². The van der Waals surface area contributed by atoms with Crippen LogP contribution in [-0.4, -0.2) is 319 Å². The summed E-state index contributed by atoms with van der Waals surface area (Å²) in [5.41, 5.74) is -87.6. The summed E-state index contributed by atoms with van der Waals surface area (Å²) in [7, 11) is 0. The highest BCUT2D eigenvalue weighted by Crippen LogP contribution is 3.14. The average Bonchev–Trinajstić information content (AvgIpc) is 1.30. The van der Waals surface area contributed by atoms with Gasteiger partial charge in [0.15, 0.2) is 33.6 Å². The first-order valence-electron chi connectivity index (χ1n) is 38.1. The molecule has 108 heavy (non-hydrogen) atoms. The molecule has 0 amide bonds. The molecule has 53 atom stereocenters. The van der Waals surface area contributed by atoms with Crippen molar-refractivity contribution in [1.82, 2.24) is 0 Å². The molecule has 29 fully saturated rings. The zero-order valence-electron chi connectivity index (χ0n) is 55.7. The van der Waals surface area contributed by atoms with Crippen molar-refractivity contribution >= 4 is 47.8 Å². The van der Waals surface area contributed by atoms with Gasteiger partial charge in [-0.05, 0) is 82.0 Å². The first-order chi connectivity index (χ1) is 50.4. The van der Waals surface area contributed by atoms with Gasteiger partial charge < -0.3 is 146 Å². The fraction of sp³-hybridized carbons (Fsp3) is 0.887. The van der Waals surface area contributed by atoms with Gasteiger partial charge in [-0.15, -0.1) is 0 Å². The Morgan fingerprint density at radius 3 is 1.56 bits per heavy atom. The van der Waals surface area contributed by atoms with Gasteiger partial charge in [-0.25, -0.2) is 0 Å². The van der Waals surface area contributed by atoms with Crippen LogP contribution in [0.3, 0.4) is 0 Å². The average molecular weight is 1520 g/mol. The number of ether oxygens (including phenoxy) is 7. The molecule has 22 saturated carbocycles. The van der Waals surface area contributed by atoms with Gasteiger partial charge in [-0.2, -0.15) is 0 Å². The van der Waals surface area contributed by atoms with Crippen molar-refractivity contribution in [3.63, 3.8) is 0 Å². The minimum atomic E-state index is -4.26. The summed E-state index contributed by atoms with van der Waals surface area (Å²) in [4.78, 5) is 121. The lowest BCUT2D eigenvalue weighted by molar-refractivity contribution is -0.484. The number of hydrogen-bond acceptors (Lipinski definition) is 29. The predicted octanol–water partition coefficient (Wildman–Crippen LogP) is -10.1. The predicted molar refractivity (Wildman–Crippen MR) is 313 cm³/mol. The molecular weight excluding hydrogens is 1440 g/mol. The van der Waals surface area contributed by atoms with Gasteiger partial charge in [0.25, 0.3) is 0 Å². The number of carboxylic acids is 8. The van der Waals surface area contributed by atoms with E-state index in [-0.39, 0.29) is 0 Å². The molecule has 0 aromatic heterocycles. The zero-order chi connectivity index (χ0) is 75.3. The van der Waals surface area contributed by atoms with Gasteiger partial charge in [-0.1, -0.05) is 0 Å². The Hall–Kier alpha value is -5.08. The maximum absolute atomic E-state index is 17.0. The molecule has 37 heteroatoms. The largest absolute Gasteiger partial charge is 0.481 e. The lowest BCUT2D eigenvalue weighted by Gasteiger charge is -2.88. The highest BCUT2D eigenvalue weighted by molar-refractivity contribution is 5.92. The maximum Gasteiger partial charge on any atom is 0.313 e. The zero-order valence-corrected chi connectivity index (χ0v) is 55.7. The fourth-order valence-corrected chi connectivity index (χ4v) is 41.9. The molecule has 29 rings (SSSR count). The lowest BCUT2D eigenvalue weighted by atomic mass is 9.11. The number of aliphatic carboxylic acids is 8. The van der Waals surface area contributed by atoms with Crippen LogP contribution in [0.5, 0.6) is 0 Å². The fourth-order valence-electron chi connectivity index (χ4n) is 41.9. The second-order valence-corrected chi connectivity index (χ2v) is 40.5. The van der Waals surface area contributed by atoms with Crippen molar-refractivity contribution in [1.29, 1.82) is 0 Å². The first-order valence-corrected chi connectivity index (χ1v) is 38.1. The molecule has 0 aromatic rings. The van der Waals surface area contributed by atoms with Gasteiger partial charge in [0, 0.05) is 76.9 Å². The van der Waals surface area contributed by atoms with Crippen LogP contribution in [0.2, 0.25) is 0 Å². The van der Waals surface area contributed by atoms with Crippen LogP contribution in [0, 0.1) is 147 Å². The molecule has 7 aliphatic heterocycles. The van der Waals surface area contributed by atoms with Crippen LogP contribution in [0.1, 0.15) is 64.2 Å². The Kier molecular flexibility index (Phi) is 8.23. The summed E-state index contributed by atoms with van der Waals surface area (Å²) in [5, 5.41) is 313. The highest BCUT2D eigenvalue weighted by atomic mass is 16.8. The van der Waals surface area contributed by atoms with Crippen LogP contribution >= 0.6 is 0 Å². The van der Waals surface area contributed by atoms with E-state index in [0.717, 1.165) is 0 Å². The van der Waals surface area contributed by atoms with Gasteiger partial charge in [-0.3, -0.25) is 38.4 Å². The Labute approximate surface area is 600 Å². The van der Waals surface area contributed by atoms with E-state index in [2.05, 4.69) is 0 Å². The monoisotopic (exact) mass is 1510 g/mol. The number of aliphatic hydroxyl groups is 14. The number of hydrogen-bond donors (Lipinski definition) is 22. The molecule has 29 aliphatic rings. The summed E-state index contributed by atoms with van der Waals surface area (Å²) < 4.78 is 54.0. The van der Waals surface area contributed by atoms with Crippen molar-refractivity contribution in [2.75, 3.05) is 0 Å². The van der Waals surface area contributed by atoms with Crippen LogP contribution in [0.15, 0.2) is 0 Å². The number of carboxylic acid groups (broad SMARTS) is 8. The third-order valence-electron chi connectivity index (χ3n) is 41.5. The molecule has 7 saturated heterocycles. The highest BCUT2D eigenvalue weighted by Gasteiger charge is 3.36. The third kappa shape index (κ3) is 3.66. The number of fused-ring (bicyclic) bond motifs is 2. The van der Waals surface area contributed by atoms with E-state index in [1.807, 2.05) is 0 Å². The second kappa shape index (κ2) is 14.2. The van der Waals surface area contributed by atoms with Gasteiger partial charge in [0.2, 0.25) is 0 Å². The molecule has 0 radical (unpaired) electrons.